The van der Waals surface area contributed by atoms with Crippen LogP contribution in [0.25, 0.3) is 0 Å². The van der Waals surface area contributed by atoms with Gasteiger partial charge >= 0.3 is 0 Å². The topological polar surface area (TPSA) is 37.7 Å². The first kappa shape index (κ1) is 15.8. The third-order valence-corrected chi connectivity index (χ3v) is 4.04. The van der Waals surface area contributed by atoms with Crippen molar-refractivity contribution in [3.63, 3.8) is 0 Å². The summed E-state index contributed by atoms with van der Waals surface area (Å²) in [6, 6.07) is 5.35. The van der Waals surface area contributed by atoms with Crippen LogP contribution in [0.3, 0.4) is 0 Å². The molecule has 0 aromatic heterocycles. The zero-order valence-corrected chi connectivity index (χ0v) is 13.4. The SMILES string of the molecule is S=C(NCC[NH+]1CCOCC1)Nc1c(Cl)cccc1Cl. The Kier molecular flexibility index (Phi) is 6.32. The number of quaternary nitrogens is 1. The molecule has 3 N–H and O–H groups in total. The summed E-state index contributed by atoms with van der Waals surface area (Å²) in [4.78, 5) is 1.53. The molecule has 0 amide bonds. The van der Waals surface area contributed by atoms with Crippen molar-refractivity contribution in [1.29, 1.82) is 0 Å². The third-order valence-electron chi connectivity index (χ3n) is 3.17. The van der Waals surface area contributed by atoms with Crippen LogP contribution in [0.2, 0.25) is 10.0 Å². The van der Waals surface area contributed by atoms with Gasteiger partial charge < -0.3 is 20.3 Å². The van der Waals surface area contributed by atoms with E-state index in [0.717, 1.165) is 39.4 Å². The number of anilines is 1. The fraction of sp³-hybridized carbons (Fsp3) is 0.462. The minimum Gasteiger partial charge on any atom is -0.370 e. The Labute approximate surface area is 134 Å². The van der Waals surface area contributed by atoms with Gasteiger partial charge in [-0.2, -0.15) is 0 Å². The normalized spacial score (nSPS) is 15.9. The molecule has 1 saturated heterocycles. The summed E-state index contributed by atoms with van der Waals surface area (Å²) in [6.45, 7) is 5.61. The monoisotopic (exact) mass is 334 g/mol. The summed E-state index contributed by atoms with van der Waals surface area (Å²) in [5, 5.41) is 7.86. The summed E-state index contributed by atoms with van der Waals surface area (Å²) in [5.74, 6) is 0. The zero-order chi connectivity index (χ0) is 14.4. The highest BCUT2D eigenvalue weighted by molar-refractivity contribution is 7.80. The number of hydrogen-bond acceptors (Lipinski definition) is 2. The number of morpholine rings is 1. The van der Waals surface area contributed by atoms with E-state index < -0.39 is 0 Å². The molecule has 7 heteroatoms. The number of benzene rings is 1. The van der Waals surface area contributed by atoms with E-state index in [0.29, 0.717) is 20.8 Å². The molecule has 0 aliphatic carbocycles. The molecule has 0 atom stereocenters. The van der Waals surface area contributed by atoms with E-state index in [1.807, 2.05) is 0 Å². The second-order valence-corrected chi connectivity index (χ2v) is 5.81. The Morgan fingerprint density at radius 2 is 1.90 bits per heavy atom. The van der Waals surface area contributed by atoms with E-state index >= 15 is 0 Å². The Balaban J connectivity index is 1.75. The van der Waals surface area contributed by atoms with E-state index in [4.69, 9.17) is 40.2 Å². The summed E-state index contributed by atoms with van der Waals surface area (Å²) in [6.07, 6.45) is 0. The van der Waals surface area contributed by atoms with Crippen LogP contribution in [0.5, 0.6) is 0 Å². The predicted molar refractivity (Wildman–Crippen MR) is 87.1 cm³/mol. The number of halogens is 2. The molecule has 4 nitrogen and oxygen atoms in total. The lowest BCUT2D eigenvalue weighted by Crippen LogP contribution is -3.14. The quantitative estimate of drug-likeness (QED) is 0.723. The number of hydrogen-bond donors (Lipinski definition) is 3. The van der Waals surface area contributed by atoms with Crippen molar-refractivity contribution >= 4 is 46.2 Å². The van der Waals surface area contributed by atoms with Gasteiger partial charge in [0.25, 0.3) is 0 Å². The van der Waals surface area contributed by atoms with Gasteiger partial charge in [-0.3, -0.25) is 0 Å². The van der Waals surface area contributed by atoms with Gasteiger partial charge in [-0.25, -0.2) is 0 Å². The van der Waals surface area contributed by atoms with Crippen LogP contribution in [-0.4, -0.2) is 44.5 Å². The molecule has 0 radical (unpaired) electrons. The fourth-order valence-electron chi connectivity index (χ4n) is 2.04. The summed E-state index contributed by atoms with van der Waals surface area (Å²) in [5.41, 5.74) is 0.645. The van der Waals surface area contributed by atoms with Gasteiger partial charge in [0.05, 0.1) is 42.0 Å². The number of para-hydroxylation sites is 1. The smallest absolute Gasteiger partial charge is 0.171 e. The number of nitrogens with one attached hydrogen (secondary N) is 3. The lowest BCUT2D eigenvalue weighted by Gasteiger charge is -2.24. The van der Waals surface area contributed by atoms with Gasteiger partial charge in [-0.05, 0) is 24.4 Å². The molecule has 0 unspecified atom stereocenters. The van der Waals surface area contributed by atoms with Crippen LogP contribution < -0.4 is 15.5 Å². The van der Waals surface area contributed by atoms with Crippen molar-refractivity contribution in [1.82, 2.24) is 5.32 Å². The summed E-state index contributed by atoms with van der Waals surface area (Å²) in [7, 11) is 0. The van der Waals surface area contributed by atoms with E-state index in [1.54, 1.807) is 18.2 Å². The molecule has 0 saturated carbocycles. The van der Waals surface area contributed by atoms with Crippen molar-refractivity contribution < 1.29 is 9.64 Å². The van der Waals surface area contributed by atoms with Crippen LogP contribution >= 0.6 is 35.4 Å². The highest BCUT2D eigenvalue weighted by atomic mass is 35.5. The minimum absolute atomic E-state index is 0.535. The van der Waals surface area contributed by atoms with Gasteiger partial charge in [0, 0.05) is 0 Å². The maximum Gasteiger partial charge on any atom is 0.171 e. The molecule has 0 bridgehead atoms. The molecule has 1 fully saturated rings. The molecule has 2 rings (SSSR count). The van der Waals surface area contributed by atoms with Gasteiger partial charge in [-0.15, -0.1) is 0 Å². The highest BCUT2D eigenvalue weighted by Crippen LogP contribution is 2.29. The van der Waals surface area contributed by atoms with Gasteiger partial charge in [0.15, 0.2) is 5.11 Å². The van der Waals surface area contributed by atoms with E-state index in [1.165, 1.54) is 4.90 Å². The van der Waals surface area contributed by atoms with Gasteiger partial charge in [0.1, 0.15) is 13.1 Å². The second-order valence-electron chi connectivity index (χ2n) is 4.59. The number of rotatable bonds is 4. The van der Waals surface area contributed by atoms with Crippen molar-refractivity contribution in [3.8, 4) is 0 Å². The lowest BCUT2D eigenvalue weighted by molar-refractivity contribution is -0.906. The molecule has 20 heavy (non-hydrogen) atoms. The Morgan fingerprint density at radius 3 is 2.55 bits per heavy atom. The third kappa shape index (κ3) is 4.75. The van der Waals surface area contributed by atoms with E-state index in [2.05, 4.69) is 10.6 Å². The average molecular weight is 335 g/mol. The second kappa shape index (κ2) is 8.00. The van der Waals surface area contributed by atoms with Crippen LogP contribution in [-0.2, 0) is 4.74 Å². The largest absolute Gasteiger partial charge is 0.370 e. The molecular weight excluding hydrogens is 317 g/mol. The molecule has 0 spiro atoms. The average Bonchev–Trinajstić information content (AvgIpc) is 2.44. The number of ether oxygens (including phenoxy) is 1. The number of thiocarbonyl (C=S) groups is 1. The molecule has 110 valence electrons. The Morgan fingerprint density at radius 1 is 1.25 bits per heavy atom. The van der Waals surface area contributed by atoms with Gasteiger partial charge in [-0.1, -0.05) is 29.3 Å². The molecule has 1 aromatic carbocycles. The fourth-order valence-corrected chi connectivity index (χ4v) is 2.73. The maximum absolute atomic E-state index is 6.08. The molecule has 1 aliphatic rings. The summed E-state index contributed by atoms with van der Waals surface area (Å²) >= 11 is 17.4. The predicted octanol–water partition coefficient (Wildman–Crippen LogP) is 1.19. The van der Waals surface area contributed by atoms with Crippen LogP contribution in [0, 0.1) is 0 Å². The van der Waals surface area contributed by atoms with Gasteiger partial charge in [0.2, 0.25) is 0 Å². The first-order valence-electron chi connectivity index (χ1n) is 6.57. The van der Waals surface area contributed by atoms with Crippen molar-refractivity contribution in [3.05, 3.63) is 28.2 Å². The Bertz CT molecular complexity index is 447. The first-order chi connectivity index (χ1) is 9.66. The summed E-state index contributed by atoms with van der Waals surface area (Å²) < 4.78 is 5.32. The molecule has 1 aromatic rings. The Hall–Kier alpha value is -0.590. The lowest BCUT2D eigenvalue weighted by atomic mass is 10.3. The van der Waals surface area contributed by atoms with E-state index in [9.17, 15) is 0 Å². The standard InChI is InChI=1S/C13H17Cl2N3OS/c14-10-2-1-3-11(15)12(10)17-13(20)16-4-5-18-6-8-19-9-7-18/h1-3H,4-9H2,(H2,16,17,20)/p+1. The maximum atomic E-state index is 6.08. The van der Waals surface area contributed by atoms with Crippen molar-refractivity contribution in [2.24, 2.45) is 0 Å². The van der Waals surface area contributed by atoms with Crippen LogP contribution in [0.15, 0.2) is 18.2 Å². The van der Waals surface area contributed by atoms with Crippen molar-refractivity contribution in [2.45, 2.75) is 0 Å². The molecule has 1 heterocycles. The molecule has 1 aliphatic heterocycles. The van der Waals surface area contributed by atoms with Crippen molar-refractivity contribution in [2.75, 3.05) is 44.7 Å². The molecular formula is C13H18Cl2N3OS+. The van der Waals surface area contributed by atoms with Crippen LogP contribution in [0.4, 0.5) is 5.69 Å². The zero-order valence-electron chi connectivity index (χ0n) is 11.0. The first-order valence-corrected chi connectivity index (χ1v) is 7.73. The minimum atomic E-state index is 0.535. The van der Waals surface area contributed by atoms with Crippen LogP contribution in [0.1, 0.15) is 0 Å². The van der Waals surface area contributed by atoms with E-state index in [-0.39, 0.29) is 0 Å². The highest BCUT2D eigenvalue weighted by Gasteiger charge is 2.13.